The highest BCUT2D eigenvalue weighted by atomic mass is 35.5. The molecule has 94 valence electrons. The first kappa shape index (κ1) is 13.8. The standard InChI is InChI=1S/C12H22N2O.ClH/c1-8-4-5-14(10(8)3)12(15)9(2)11-6-13-7-11;/h8-11,13H,4-7H2,1-3H3;1H. The van der Waals surface area contributed by atoms with Gasteiger partial charge in [0.25, 0.3) is 0 Å². The largest absolute Gasteiger partial charge is 0.339 e. The van der Waals surface area contributed by atoms with Crippen molar-refractivity contribution in [1.29, 1.82) is 0 Å². The number of rotatable bonds is 2. The van der Waals surface area contributed by atoms with Gasteiger partial charge in [0, 0.05) is 18.5 Å². The molecule has 0 aromatic carbocycles. The van der Waals surface area contributed by atoms with Crippen molar-refractivity contribution in [3.05, 3.63) is 0 Å². The molecule has 2 aliphatic rings. The molecule has 3 nitrogen and oxygen atoms in total. The number of carbonyl (C=O) groups is 1. The molecule has 3 atom stereocenters. The Morgan fingerprint density at radius 2 is 2.00 bits per heavy atom. The lowest BCUT2D eigenvalue weighted by Crippen LogP contribution is -2.51. The Balaban J connectivity index is 0.00000128. The molecule has 2 rings (SSSR count). The Bertz CT molecular complexity index is 255. The summed E-state index contributed by atoms with van der Waals surface area (Å²) in [5, 5.41) is 3.24. The Morgan fingerprint density at radius 3 is 2.38 bits per heavy atom. The van der Waals surface area contributed by atoms with E-state index in [-0.39, 0.29) is 18.3 Å². The van der Waals surface area contributed by atoms with Gasteiger partial charge in [0.15, 0.2) is 0 Å². The molecule has 0 aromatic rings. The molecule has 2 fully saturated rings. The van der Waals surface area contributed by atoms with Gasteiger partial charge in [-0.15, -0.1) is 12.4 Å². The van der Waals surface area contributed by atoms with E-state index in [1.165, 1.54) is 6.42 Å². The van der Waals surface area contributed by atoms with E-state index in [4.69, 9.17) is 0 Å². The van der Waals surface area contributed by atoms with Crippen molar-refractivity contribution in [2.75, 3.05) is 19.6 Å². The Labute approximate surface area is 104 Å². The van der Waals surface area contributed by atoms with Crippen molar-refractivity contribution in [2.24, 2.45) is 17.8 Å². The summed E-state index contributed by atoms with van der Waals surface area (Å²) in [5.41, 5.74) is 0. The van der Waals surface area contributed by atoms with E-state index in [1.807, 2.05) is 0 Å². The van der Waals surface area contributed by atoms with Crippen LogP contribution < -0.4 is 5.32 Å². The van der Waals surface area contributed by atoms with Gasteiger partial charge in [-0.1, -0.05) is 13.8 Å². The molecule has 0 bridgehead atoms. The molecule has 0 saturated carbocycles. The van der Waals surface area contributed by atoms with Crippen LogP contribution >= 0.6 is 12.4 Å². The highest BCUT2D eigenvalue weighted by Crippen LogP contribution is 2.27. The molecule has 16 heavy (non-hydrogen) atoms. The van der Waals surface area contributed by atoms with Crippen LogP contribution in [-0.2, 0) is 4.79 Å². The average molecular weight is 247 g/mol. The lowest BCUT2D eigenvalue weighted by atomic mass is 9.87. The van der Waals surface area contributed by atoms with Crippen LogP contribution in [0.5, 0.6) is 0 Å². The fraction of sp³-hybridized carbons (Fsp3) is 0.917. The number of hydrogen-bond donors (Lipinski definition) is 1. The van der Waals surface area contributed by atoms with Crippen LogP contribution in [0.15, 0.2) is 0 Å². The smallest absolute Gasteiger partial charge is 0.226 e. The van der Waals surface area contributed by atoms with E-state index >= 15 is 0 Å². The second-order valence-corrected chi connectivity index (χ2v) is 5.25. The highest BCUT2D eigenvalue weighted by molar-refractivity contribution is 5.85. The summed E-state index contributed by atoms with van der Waals surface area (Å²) in [6.45, 7) is 9.51. The van der Waals surface area contributed by atoms with Gasteiger partial charge in [-0.3, -0.25) is 4.79 Å². The molecule has 0 radical (unpaired) electrons. The summed E-state index contributed by atoms with van der Waals surface area (Å²) in [4.78, 5) is 14.3. The first-order valence-electron chi connectivity index (χ1n) is 6.12. The van der Waals surface area contributed by atoms with Crippen LogP contribution in [0.25, 0.3) is 0 Å². The molecule has 2 saturated heterocycles. The first-order chi connectivity index (χ1) is 7.11. The normalized spacial score (nSPS) is 31.8. The Kier molecular flexibility index (Phi) is 4.62. The monoisotopic (exact) mass is 246 g/mol. The number of nitrogens with zero attached hydrogens (tertiary/aromatic N) is 1. The van der Waals surface area contributed by atoms with E-state index in [1.54, 1.807) is 0 Å². The molecule has 0 aliphatic carbocycles. The van der Waals surface area contributed by atoms with Gasteiger partial charge in [0.1, 0.15) is 0 Å². The quantitative estimate of drug-likeness (QED) is 0.802. The zero-order chi connectivity index (χ0) is 11.0. The highest BCUT2D eigenvalue weighted by Gasteiger charge is 2.37. The fourth-order valence-electron chi connectivity index (χ4n) is 2.53. The second-order valence-electron chi connectivity index (χ2n) is 5.25. The van der Waals surface area contributed by atoms with Crippen LogP contribution in [0.1, 0.15) is 27.2 Å². The minimum Gasteiger partial charge on any atom is -0.339 e. The summed E-state index contributed by atoms with van der Waals surface area (Å²) in [5.74, 6) is 1.82. The molecule has 0 spiro atoms. The zero-order valence-electron chi connectivity index (χ0n) is 10.4. The van der Waals surface area contributed by atoms with Gasteiger partial charge >= 0.3 is 0 Å². The van der Waals surface area contributed by atoms with Crippen molar-refractivity contribution >= 4 is 18.3 Å². The van der Waals surface area contributed by atoms with Crippen molar-refractivity contribution < 1.29 is 4.79 Å². The van der Waals surface area contributed by atoms with Crippen LogP contribution in [0.2, 0.25) is 0 Å². The predicted molar refractivity (Wildman–Crippen MR) is 67.7 cm³/mol. The number of amides is 1. The minimum absolute atomic E-state index is 0. The first-order valence-corrected chi connectivity index (χ1v) is 6.12. The SMILES string of the molecule is CC1CCN(C(=O)C(C)C2CNC2)C1C.Cl. The maximum Gasteiger partial charge on any atom is 0.226 e. The topological polar surface area (TPSA) is 32.3 Å². The minimum atomic E-state index is 0. The molecule has 0 aromatic heterocycles. The number of halogens is 1. The third-order valence-corrected chi connectivity index (χ3v) is 4.33. The van der Waals surface area contributed by atoms with E-state index < -0.39 is 0 Å². The number of carbonyl (C=O) groups excluding carboxylic acids is 1. The van der Waals surface area contributed by atoms with Gasteiger partial charge < -0.3 is 10.2 Å². The third kappa shape index (κ3) is 2.35. The molecule has 1 N–H and O–H groups in total. The van der Waals surface area contributed by atoms with Crippen LogP contribution in [0.4, 0.5) is 0 Å². The van der Waals surface area contributed by atoms with E-state index in [0.717, 1.165) is 19.6 Å². The summed E-state index contributed by atoms with van der Waals surface area (Å²) < 4.78 is 0. The van der Waals surface area contributed by atoms with Crippen molar-refractivity contribution in [2.45, 2.75) is 33.2 Å². The van der Waals surface area contributed by atoms with E-state index in [2.05, 4.69) is 31.0 Å². The van der Waals surface area contributed by atoms with Crippen molar-refractivity contribution in [3.63, 3.8) is 0 Å². The van der Waals surface area contributed by atoms with Crippen molar-refractivity contribution in [3.8, 4) is 0 Å². The molecular weight excluding hydrogens is 224 g/mol. The van der Waals surface area contributed by atoms with Gasteiger partial charge in [0.05, 0.1) is 0 Å². The summed E-state index contributed by atoms with van der Waals surface area (Å²) in [7, 11) is 0. The maximum absolute atomic E-state index is 12.2. The number of nitrogens with one attached hydrogen (secondary N) is 1. The lowest BCUT2D eigenvalue weighted by Gasteiger charge is -2.35. The molecular formula is C12H23ClN2O. The molecule has 3 unspecified atom stereocenters. The summed E-state index contributed by atoms with van der Waals surface area (Å²) in [6, 6.07) is 0.438. The van der Waals surface area contributed by atoms with Gasteiger partial charge in [0.2, 0.25) is 5.91 Å². The van der Waals surface area contributed by atoms with Crippen LogP contribution in [0.3, 0.4) is 0 Å². The van der Waals surface area contributed by atoms with Crippen LogP contribution in [-0.4, -0.2) is 36.5 Å². The van der Waals surface area contributed by atoms with Crippen molar-refractivity contribution in [1.82, 2.24) is 10.2 Å². The second kappa shape index (κ2) is 5.37. The molecule has 2 heterocycles. The maximum atomic E-state index is 12.2. The number of likely N-dealkylation sites (tertiary alicyclic amines) is 1. The van der Waals surface area contributed by atoms with E-state index in [9.17, 15) is 4.79 Å². The zero-order valence-corrected chi connectivity index (χ0v) is 11.2. The third-order valence-electron chi connectivity index (χ3n) is 4.33. The van der Waals surface area contributed by atoms with Gasteiger partial charge in [-0.05, 0) is 38.3 Å². The van der Waals surface area contributed by atoms with E-state index in [0.29, 0.717) is 23.8 Å². The predicted octanol–water partition coefficient (Wildman–Crippen LogP) is 1.52. The summed E-state index contributed by atoms with van der Waals surface area (Å²) >= 11 is 0. The average Bonchev–Trinajstić information content (AvgIpc) is 2.44. The van der Waals surface area contributed by atoms with Gasteiger partial charge in [-0.25, -0.2) is 0 Å². The van der Waals surface area contributed by atoms with Crippen LogP contribution in [0, 0.1) is 17.8 Å². The summed E-state index contributed by atoms with van der Waals surface area (Å²) in [6.07, 6.45) is 1.17. The molecule has 2 aliphatic heterocycles. The Morgan fingerprint density at radius 1 is 1.38 bits per heavy atom. The molecule has 4 heteroatoms. The number of hydrogen-bond acceptors (Lipinski definition) is 2. The Hall–Kier alpha value is -0.280. The van der Waals surface area contributed by atoms with Gasteiger partial charge in [-0.2, -0.15) is 0 Å². The molecule has 1 amide bonds. The lowest BCUT2D eigenvalue weighted by molar-refractivity contribution is -0.138. The fourth-order valence-corrected chi connectivity index (χ4v) is 2.53.